The smallest absolute Gasteiger partial charge is 0.258 e. The van der Waals surface area contributed by atoms with Gasteiger partial charge >= 0.3 is 0 Å². The van der Waals surface area contributed by atoms with Crippen LogP contribution < -0.4 is 10.6 Å². The van der Waals surface area contributed by atoms with Crippen molar-refractivity contribution in [3.8, 4) is 0 Å². The van der Waals surface area contributed by atoms with Crippen molar-refractivity contribution in [2.24, 2.45) is 0 Å². The van der Waals surface area contributed by atoms with E-state index in [1.54, 1.807) is 6.07 Å². The first-order valence-corrected chi connectivity index (χ1v) is 9.75. The number of nitrogens with one attached hydrogen (secondary N) is 2. The number of thiocarbonyl (C=S) groups is 1. The van der Waals surface area contributed by atoms with Crippen LogP contribution >= 0.6 is 23.8 Å². The molecule has 0 saturated heterocycles. The summed E-state index contributed by atoms with van der Waals surface area (Å²) in [6.45, 7) is 2.18. The molecular formula is C22H21ClN2OS. The van der Waals surface area contributed by atoms with Gasteiger partial charge in [0.1, 0.15) is 0 Å². The van der Waals surface area contributed by atoms with E-state index >= 15 is 0 Å². The molecule has 0 aliphatic heterocycles. The number of carbonyl (C=O) groups excluding carboxylic acids is 1. The van der Waals surface area contributed by atoms with Crippen LogP contribution in [0.2, 0.25) is 5.02 Å². The minimum absolute atomic E-state index is 0.264. The first-order valence-electron chi connectivity index (χ1n) is 8.97. The highest BCUT2D eigenvalue weighted by Crippen LogP contribution is 2.25. The highest BCUT2D eigenvalue weighted by atomic mass is 35.5. The van der Waals surface area contributed by atoms with Gasteiger partial charge in [0.05, 0.1) is 0 Å². The molecule has 0 aliphatic carbocycles. The second-order valence-corrected chi connectivity index (χ2v) is 7.16. The number of aryl methyl sites for hydroxylation is 1. The summed E-state index contributed by atoms with van der Waals surface area (Å²) < 4.78 is 0. The third-order valence-electron chi connectivity index (χ3n) is 4.37. The van der Waals surface area contributed by atoms with E-state index in [1.165, 1.54) is 18.4 Å². The number of unbranched alkanes of at least 4 members (excludes halogenated alkanes) is 1. The van der Waals surface area contributed by atoms with E-state index in [-0.39, 0.29) is 11.0 Å². The molecule has 138 valence electrons. The minimum Gasteiger partial charge on any atom is -0.332 e. The Balaban J connectivity index is 1.68. The lowest BCUT2D eigenvalue weighted by Crippen LogP contribution is -2.34. The van der Waals surface area contributed by atoms with Crippen LogP contribution in [-0.2, 0) is 6.42 Å². The SMILES string of the molecule is CCCCc1ccc(NC(=S)NC(=O)c2cccc3c(Cl)cccc23)cc1. The summed E-state index contributed by atoms with van der Waals surface area (Å²) in [5, 5.41) is 8.32. The van der Waals surface area contributed by atoms with E-state index < -0.39 is 0 Å². The maximum absolute atomic E-state index is 12.7. The molecule has 0 heterocycles. The average molecular weight is 397 g/mol. The second kappa shape index (κ2) is 8.98. The molecule has 0 radical (unpaired) electrons. The molecule has 3 rings (SSSR count). The first-order chi connectivity index (χ1) is 13.1. The normalized spacial score (nSPS) is 10.6. The molecule has 0 unspecified atom stereocenters. The quantitative estimate of drug-likeness (QED) is 0.522. The number of hydrogen-bond donors (Lipinski definition) is 2. The third-order valence-corrected chi connectivity index (χ3v) is 4.91. The van der Waals surface area contributed by atoms with E-state index in [0.717, 1.165) is 22.9 Å². The molecule has 5 heteroatoms. The van der Waals surface area contributed by atoms with Crippen molar-refractivity contribution < 1.29 is 4.79 Å². The maximum Gasteiger partial charge on any atom is 0.258 e. The number of rotatable bonds is 5. The first kappa shape index (κ1) is 19.3. The average Bonchev–Trinajstić information content (AvgIpc) is 2.67. The molecule has 3 aromatic carbocycles. The molecule has 0 bridgehead atoms. The highest BCUT2D eigenvalue weighted by Gasteiger charge is 2.12. The predicted octanol–water partition coefficient (Wildman–Crippen LogP) is 5.96. The number of fused-ring (bicyclic) bond motifs is 1. The minimum atomic E-state index is -0.264. The largest absolute Gasteiger partial charge is 0.332 e. The summed E-state index contributed by atoms with van der Waals surface area (Å²) >= 11 is 11.5. The van der Waals surface area contributed by atoms with Gasteiger partial charge in [-0.15, -0.1) is 0 Å². The Morgan fingerprint density at radius 1 is 1.00 bits per heavy atom. The van der Waals surface area contributed by atoms with Crippen molar-refractivity contribution in [2.75, 3.05) is 5.32 Å². The van der Waals surface area contributed by atoms with Gasteiger partial charge in [0.15, 0.2) is 5.11 Å². The van der Waals surface area contributed by atoms with Crippen LogP contribution in [-0.4, -0.2) is 11.0 Å². The highest BCUT2D eigenvalue weighted by molar-refractivity contribution is 7.80. The van der Waals surface area contributed by atoms with Gasteiger partial charge in [-0.3, -0.25) is 10.1 Å². The second-order valence-electron chi connectivity index (χ2n) is 6.35. The summed E-state index contributed by atoms with van der Waals surface area (Å²) in [6, 6.07) is 19.1. The zero-order valence-electron chi connectivity index (χ0n) is 15.1. The fourth-order valence-electron chi connectivity index (χ4n) is 2.94. The van der Waals surface area contributed by atoms with Crippen LogP contribution in [0.4, 0.5) is 5.69 Å². The molecule has 3 nitrogen and oxygen atoms in total. The van der Waals surface area contributed by atoms with Gasteiger partial charge in [-0.25, -0.2) is 0 Å². The van der Waals surface area contributed by atoms with Crippen LogP contribution in [0.1, 0.15) is 35.7 Å². The predicted molar refractivity (Wildman–Crippen MR) is 118 cm³/mol. The van der Waals surface area contributed by atoms with Crippen molar-refractivity contribution in [2.45, 2.75) is 26.2 Å². The Morgan fingerprint density at radius 2 is 1.70 bits per heavy atom. The Hall–Kier alpha value is -2.43. The van der Waals surface area contributed by atoms with Gasteiger partial charge in [0.2, 0.25) is 0 Å². The standard InChI is InChI=1S/C22H21ClN2OS/c1-2-3-6-15-11-13-16(14-12-15)24-22(27)25-21(26)19-9-4-8-18-17(19)7-5-10-20(18)23/h4-5,7-14H,2-3,6H2,1H3,(H2,24,25,26,27). The molecular weight excluding hydrogens is 376 g/mol. The van der Waals surface area contributed by atoms with Crippen LogP contribution in [0, 0.1) is 0 Å². The zero-order valence-corrected chi connectivity index (χ0v) is 16.7. The maximum atomic E-state index is 12.7. The lowest BCUT2D eigenvalue weighted by molar-refractivity contribution is 0.0979. The molecule has 3 aromatic rings. The molecule has 0 saturated carbocycles. The Bertz CT molecular complexity index is 970. The lowest BCUT2D eigenvalue weighted by Gasteiger charge is -2.12. The van der Waals surface area contributed by atoms with E-state index in [1.807, 2.05) is 42.5 Å². The number of hydrogen-bond acceptors (Lipinski definition) is 2. The number of anilines is 1. The molecule has 1 amide bonds. The Labute approximate surface area is 169 Å². The van der Waals surface area contributed by atoms with Crippen LogP contribution in [0.25, 0.3) is 10.8 Å². The molecule has 0 fully saturated rings. The monoisotopic (exact) mass is 396 g/mol. The number of halogens is 1. The molecule has 0 atom stereocenters. The van der Waals surface area contributed by atoms with Gasteiger partial charge < -0.3 is 5.32 Å². The van der Waals surface area contributed by atoms with Crippen molar-refractivity contribution in [3.63, 3.8) is 0 Å². The fourth-order valence-corrected chi connectivity index (χ4v) is 3.39. The summed E-state index contributed by atoms with van der Waals surface area (Å²) in [7, 11) is 0. The summed E-state index contributed by atoms with van der Waals surface area (Å²) in [5.74, 6) is -0.264. The molecule has 27 heavy (non-hydrogen) atoms. The topological polar surface area (TPSA) is 41.1 Å². The summed E-state index contributed by atoms with van der Waals surface area (Å²) in [4.78, 5) is 12.7. The van der Waals surface area contributed by atoms with Gasteiger partial charge in [0.25, 0.3) is 5.91 Å². The van der Waals surface area contributed by atoms with E-state index in [9.17, 15) is 4.79 Å². The van der Waals surface area contributed by atoms with Crippen molar-refractivity contribution in [1.29, 1.82) is 0 Å². The fraction of sp³-hybridized carbons (Fsp3) is 0.182. The molecule has 2 N–H and O–H groups in total. The zero-order chi connectivity index (χ0) is 19.2. The van der Waals surface area contributed by atoms with Crippen molar-refractivity contribution in [3.05, 3.63) is 76.8 Å². The van der Waals surface area contributed by atoms with Crippen molar-refractivity contribution >= 4 is 51.3 Å². The van der Waals surface area contributed by atoms with Crippen LogP contribution in [0.15, 0.2) is 60.7 Å². The van der Waals surface area contributed by atoms with E-state index in [2.05, 4.69) is 29.7 Å². The van der Waals surface area contributed by atoms with Gasteiger partial charge in [-0.05, 0) is 60.3 Å². The third kappa shape index (κ3) is 4.85. The lowest BCUT2D eigenvalue weighted by atomic mass is 10.0. The molecule has 0 aromatic heterocycles. The summed E-state index contributed by atoms with van der Waals surface area (Å²) in [5.41, 5.74) is 2.68. The van der Waals surface area contributed by atoms with Crippen LogP contribution in [0.3, 0.4) is 0 Å². The van der Waals surface area contributed by atoms with Gasteiger partial charge in [0, 0.05) is 21.7 Å². The molecule has 0 spiro atoms. The van der Waals surface area contributed by atoms with Crippen molar-refractivity contribution in [1.82, 2.24) is 5.32 Å². The number of benzene rings is 3. The van der Waals surface area contributed by atoms with E-state index in [4.69, 9.17) is 23.8 Å². The van der Waals surface area contributed by atoms with Gasteiger partial charge in [-0.2, -0.15) is 0 Å². The van der Waals surface area contributed by atoms with Crippen LogP contribution in [0.5, 0.6) is 0 Å². The number of amides is 1. The Kier molecular flexibility index (Phi) is 6.43. The Morgan fingerprint density at radius 3 is 2.44 bits per heavy atom. The van der Waals surface area contributed by atoms with Gasteiger partial charge in [-0.1, -0.05) is 61.3 Å². The number of carbonyl (C=O) groups is 1. The van der Waals surface area contributed by atoms with E-state index in [0.29, 0.717) is 10.6 Å². The summed E-state index contributed by atoms with van der Waals surface area (Å²) in [6.07, 6.45) is 3.42. The molecule has 0 aliphatic rings.